The number of aliphatic hydroxyl groups is 2. The van der Waals surface area contributed by atoms with Crippen LogP contribution in [-0.4, -0.2) is 52.6 Å². The second-order valence-corrected chi connectivity index (χ2v) is 13.4. The number of ketones is 1. The molecule has 0 aromatic heterocycles. The third kappa shape index (κ3) is 5.82. The Kier molecular flexibility index (Phi) is 9.62. The minimum atomic E-state index is -0.342. The summed E-state index contributed by atoms with van der Waals surface area (Å²) in [6, 6.07) is 16.7. The van der Waals surface area contributed by atoms with Crippen molar-refractivity contribution in [2.75, 3.05) is 31.2 Å². The highest BCUT2D eigenvalue weighted by Gasteiger charge is 2.46. The van der Waals surface area contributed by atoms with Crippen molar-refractivity contribution in [2.45, 2.75) is 89.9 Å². The predicted molar refractivity (Wildman–Crippen MR) is 175 cm³/mol. The SMILES string of the molecule is CC1(C)C(/C=C2/C(=O)C(/C=C3/N(CCCCCCO)c4ccccc4C3(C)C)=C2[O-])=[N+](CCCCCCO)c2ccccc21. The Morgan fingerprint density at radius 3 is 2.07 bits per heavy atom. The Hall–Kier alpha value is -3.48. The van der Waals surface area contributed by atoms with Crippen molar-refractivity contribution < 1.29 is 24.7 Å². The van der Waals surface area contributed by atoms with Crippen LogP contribution in [0.25, 0.3) is 0 Å². The zero-order chi connectivity index (χ0) is 31.5. The number of para-hydroxylation sites is 2. The van der Waals surface area contributed by atoms with Gasteiger partial charge in [-0.05, 0) is 57.2 Å². The molecule has 0 amide bonds. The molecule has 2 N–H and O–H groups in total. The Bertz CT molecular complexity index is 1520. The lowest BCUT2D eigenvalue weighted by Crippen LogP contribution is -2.35. The van der Waals surface area contributed by atoms with Crippen LogP contribution in [0.2, 0.25) is 0 Å². The van der Waals surface area contributed by atoms with E-state index >= 15 is 0 Å². The number of unbranched alkanes of at least 4 members (excludes halogenated alkanes) is 6. The fourth-order valence-electron chi connectivity index (χ4n) is 7.12. The van der Waals surface area contributed by atoms with Crippen LogP contribution in [-0.2, 0) is 15.6 Å². The fraction of sp³-hybridized carbons (Fsp3) is 0.474. The maximum Gasteiger partial charge on any atom is 0.209 e. The van der Waals surface area contributed by atoms with Gasteiger partial charge in [0.1, 0.15) is 6.54 Å². The molecule has 2 heterocycles. The monoisotopic (exact) mass is 596 g/mol. The molecule has 2 aromatic carbocycles. The van der Waals surface area contributed by atoms with E-state index in [1.54, 1.807) is 0 Å². The maximum atomic E-state index is 13.7. The quantitative estimate of drug-likeness (QED) is 0.159. The Labute approximate surface area is 262 Å². The molecule has 0 saturated carbocycles. The lowest BCUT2D eigenvalue weighted by Gasteiger charge is -2.33. The summed E-state index contributed by atoms with van der Waals surface area (Å²) < 4.78 is 2.29. The number of benzene rings is 2. The number of carbonyl (C=O) groups is 1. The average Bonchev–Trinajstić information content (AvgIpc) is 3.36. The lowest BCUT2D eigenvalue weighted by atomic mass is 9.77. The highest BCUT2D eigenvalue weighted by atomic mass is 16.3. The lowest BCUT2D eigenvalue weighted by molar-refractivity contribution is -0.438. The summed E-state index contributed by atoms with van der Waals surface area (Å²) in [5, 5.41) is 32.1. The van der Waals surface area contributed by atoms with Crippen molar-refractivity contribution in [2.24, 2.45) is 0 Å². The summed E-state index contributed by atoms with van der Waals surface area (Å²) in [6.07, 6.45) is 11.3. The molecule has 5 rings (SSSR count). The highest BCUT2D eigenvalue weighted by Crippen LogP contribution is 2.49. The number of allylic oxidation sites excluding steroid dienone is 5. The van der Waals surface area contributed by atoms with Gasteiger partial charge in [-0.25, -0.2) is 0 Å². The number of aliphatic hydroxyl groups excluding tert-OH is 2. The zero-order valence-electron chi connectivity index (χ0n) is 26.9. The summed E-state index contributed by atoms with van der Waals surface area (Å²) in [5.74, 6) is -0.362. The number of hydrogen-bond donors (Lipinski definition) is 2. The molecular weight excluding hydrogens is 548 g/mol. The minimum absolute atomic E-state index is 0.181. The van der Waals surface area contributed by atoms with E-state index in [4.69, 9.17) is 10.2 Å². The second kappa shape index (κ2) is 13.3. The van der Waals surface area contributed by atoms with Crippen LogP contribution < -0.4 is 10.0 Å². The van der Waals surface area contributed by atoms with Gasteiger partial charge >= 0.3 is 0 Å². The van der Waals surface area contributed by atoms with Crippen LogP contribution in [0.3, 0.4) is 0 Å². The smallest absolute Gasteiger partial charge is 0.209 e. The second-order valence-electron chi connectivity index (χ2n) is 13.4. The molecule has 6 heteroatoms. The molecule has 0 fully saturated rings. The van der Waals surface area contributed by atoms with E-state index in [2.05, 4.69) is 61.4 Å². The van der Waals surface area contributed by atoms with E-state index in [9.17, 15) is 9.90 Å². The minimum Gasteiger partial charge on any atom is -0.871 e. The van der Waals surface area contributed by atoms with Gasteiger partial charge in [-0.1, -0.05) is 75.3 Å². The van der Waals surface area contributed by atoms with Gasteiger partial charge in [0.15, 0.2) is 11.5 Å². The molecular formula is C38H48N2O4. The molecule has 0 bridgehead atoms. The van der Waals surface area contributed by atoms with E-state index in [0.29, 0.717) is 0 Å². The van der Waals surface area contributed by atoms with Crippen LogP contribution in [0.5, 0.6) is 0 Å². The number of rotatable bonds is 14. The Morgan fingerprint density at radius 1 is 0.773 bits per heavy atom. The summed E-state index contributed by atoms with van der Waals surface area (Å²) in [5.41, 5.74) is 6.50. The first-order valence-corrected chi connectivity index (χ1v) is 16.4. The van der Waals surface area contributed by atoms with Gasteiger partial charge in [0.05, 0.1) is 5.41 Å². The van der Waals surface area contributed by atoms with E-state index in [-0.39, 0.29) is 46.7 Å². The van der Waals surface area contributed by atoms with Gasteiger partial charge < -0.3 is 20.2 Å². The molecule has 3 aliphatic rings. The fourth-order valence-corrected chi connectivity index (χ4v) is 7.12. The number of fused-ring (bicyclic) bond motifs is 2. The largest absolute Gasteiger partial charge is 0.871 e. The molecule has 1 aliphatic carbocycles. The summed E-state index contributed by atoms with van der Waals surface area (Å²) in [7, 11) is 0. The van der Waals surface area contributed by atoms with Crippen molar-refractivity contribution in [3.05, 3.63) is 94.4 Å². The topological polar surface area (TPSA) is 86.8 Å². The molecule has 234 valence electrons. The van der Waals surface area contributed by atoms with Crippen LogP contribution in [0.4, 0.5) is 11.4 Å². The predicted octanol–water partition coefficient (Wildman–Crippen LogP) is 5.97. The molecule has 6 nitrogen and oxygen atoms in total. The normalized spacial score (nSPS) is 20.1. The van der Waals surface area contributed by atoms with E-state index in [1.807, 2.05) is 36.4 Å². The third-order valence-electron chi connectivity index (χ3n) is 9.72. The Morgan fingerprint density at radius 2 is 1.39 bits per heavy atom. The Balaban J connectivity index is 1.48. The average molecular weight is 597 g/mol. The van der Waals surface area contributed by atoms with Gasteiger partial charge in [-0.3, -0.25) is 4.79 Å². The van der Waals surface area contributed by atoms with Gasteiger partial charge in [0, 0.05) is 71.8 Å². The highest BCUT2D eigenvalue weighted by molar-refractivity contribution is 6.24. The van der Waals surface area contributed by atoms with Crippen molar-refractivity contribution in [3.8, 4) is 0 Å². The first kappa shape index (κ1) is 31.9. The van der Waals surface area contributed by atoms with Crippen molar-refractivity contribution in [1.29, 1.82) is 0 Å². The summed E-state index contributed by atoms with van der Waals surface area (Å²) in [6.45, 7) is 10.7. The summed E-state index contributed by atoms with van der Waals surface area (Å²) >= 11 is 0. The first-order chi connectivity index (χ1) is 21.1. The summed E-state index contributed by atoms with van der Waals surface area (Å²) in [4.78, 5) is 16.0. The van der Waals surface area contributed by atoms with E-state index in [1.165, 1.54) is 11.1 Å². The van der Waals surface area contributed by atoms with Gasteiger partial charge in [-0.15, -0.1) is 0 Å². The number of Topliss-reactive ketones (excluding diaryl/α,β-unsaturated/α-hetero) is 1. The van der Waals surface area contributed by atoms with Crippen LogP contribution in [0.1, 0.15) is 90.2 Å². The van der Waals surface area contributed by atoms with Crippen LogP contribution >= 0.6 is 0 Å². The number of anilines is 1. The molecule has 0 radical (unpaired) electrons. The maximum absolute atomic E-state index is 13.7. The standard InChI is InChI=1S/C38H48N2O4/c1-37(2)29-17-9-11-19-31(29)39(21-13-5-7-15-23-41)33(37)25-27-35(43)28(36(27)44)26-34-38(3,4)30-18-10-12-20-32(30)40(34)22-14-6-8-16-24-42/h9-12,17-20,25-26,41-42H,5-8,13-16,21-24H2,1-4H3. The zero-order valence-corrected chi connectivity index (χ0v) is 26.9. The van der Waals surface area contributed by atoms with Gasteiger partial charge in [0.2, 0.25) is 5.69 Å². The van der Waals surface area contributed by atoms with E-state index < -0.39 is 0 Å². The molecule has 0 unspecified atom stereocenters. The van der Waals surface area contributed by atoms with Crippen LogP contribution in [0.15, 0.2) is 83.3 Å². The molecule has 0 atom stereocenters. The molecule has 0 spiro atoms. The third-order valence-corrected chi connectivity index (χ3v) is 9.72. The van der Waals surface area contributed by atoms with Crippen molar-refractivity contribution in [1.82, 2.24) is 0 Å². The number of carbonyl (C=O) groups excluding carboxylic acids is 1. The number of hydrogen-bond acceptors (Lipinski definition) is 5. The molecule has 44 heavy (non-hydrogen) atoms. The molecule has 0 saturated heterocycles. The van der Waals surface area contributed by atoms with E-state index in [0.717, 1.165) is 87.2 Å². The number of nitrogens with zero attached hydrogens (tertiary/aromatic N) is 2. The van der Waals surface area contributed by atoms with Gasteiger partial charge in [-0.2, -0.15) is 4.58 Å². The molecule has 2 aliphatic heterocycles. The van der Waals surface area contributed by atoms with Crippen LogP contribution in [0, 0.1) is 0 Å². The molecule has 2 aromatic rings. The first-order valence-electron chi connectivity index (χ1n) is 16.4. The van der Waals surface area contributed by atoms with Crippen molar-refractivity contribution in [3.63, 3.8) is 0 Å². The van der Waals surface area contributed by atoms with Gasteiger partial charge in [0.25, 0.3) is 0 Å². The van der Waals surface area contributed by atoms with Crippen molar-refractivity contribution >= 4 is 22.9 Å².